The number of rotatable bonds is 5. The fraction of sp³-hybridized carbons (Fsp3) is 0.522. The summed E-state index contributed by atoms with van der Waals surface area (Å²) in [7, 11) is 0.641. The van der Waals surface area contributed by atoms with E-state index in [9.17, 15) is 0 Å². The summed E-state index contributed by atoms with van der Waals surface area (Å²) in [5.41, 5.74) is 6.63. The van der Waals surface area contributed by atoms with Gasteiger partial charge in [0, 0.05) is 27.3 Å². The van der Waals surface area contributed by atoms with E-state index in [0.717, 1.165) is 56.0 Å². The van der Waals surface area contributed by atoms with Gasteiger partial charge in [-0.25, -0.2) is 4.58 Å². The van der Waals surface area contributed by atoms with E-state index in [4.69, 9.17) is 14.2 Å². The van der Waals surface area contributed by atoms with Gasteiger partial charge in [0.1, 0.15) is 12.3 Å². The first-order valence-electron chi connectivity index (χ1n) is 10.3. The minimum absolute atomic E-state index is 0.313. The van der Waals surface area contributed by atoms with Crippen LogP contribution in [0.2, 0.25) is 25.7 Å². The molecule has 0 N–H and O–H groups in total. The van der Waals surface area contributed by atoms with E-state index in [0.29, 0.717) is 6.79 Å². The molecule has 1 aromatic rings. The number of hydrogen-bond acceptors (Lipinski definition) is 3. The second-order valence-corrected chi connectivity index (χ2v) is 14.8. The van der Waals surface area contributed by atoms with Gasteiger partial charge in [-0.1, -0.05) is 26.2 Å². The van der Waals surface area contributed by atoms with Gasteiger partial charge < -0.3 is 14.2 Å². The van der Waals surface area contributed by atoms with Crippen molar-refractivity contribution in [3.63, 3.8) is 0 Å². The summed E-state index contributed by atoms with van der Waals surface area (Å²) >= 11 is 0. The van der Waals surface area contributed by atoms with Gasteiger partial charge in [0.05, 0.1) is 12.7 Å². The standard InChI is InChI=1S/C23H32NO3Si/c1-16(14-28(3,4)5)13-24-10-9-17-11-21-22(27-15-26-21)12-18(17)23-19(24)7-6-8-20(23)25-2/h11-12H,1,6-10,13-15H2,2-5H3/q+1. The fourth-order valence-electron chi connectivity index (χ4n) is 4.72. The molecular formula is C23H32NO3Si+. The zero-order valence-electron chi connectivity index (χ0n) is 17.7. The lowest BCUT2D eigenvalue weighted by Gasteiger charge is -2.21. The first-order valence-corrected chi connectivity index (χ1v) is 14.0. The molecule has 2 heterocycles. The predicted molar refractivity (Wildman–Crippen MR) is 116 cm³/mol. The van der Waals surface area contributed by atoms with Crippen molar-refractivity contribution in [1.82, 2.24) is 0 Å². The Hall–Kier alpha value is -2.01. The maximum atomic E-state index is 5.87. The molecule has 0 saturated carbocycles. The largest absolute Gasteiger partial charge is 0.500 e. The number of fused-ring (bicyclic) bond motifs is 4. The number of hydrogen-bond donors (Lipinski definition) is 0. The van der Waals surface area contributed by atoms with Gasteiger partial charge in [-0.2, -0.15) is 0 Å². The Bertz CT molecular complexity index is 877. The van der Waals surface area contributed by atoms with Crippen LogP contribution in [0, 0.1) is 0 Å². The molecule has 1 aromatic carbocycles. The topological polar surface area (TPSA) is 30.7 Å². The molecule has 0 spiro atoms. The molecule has 1 aliphatic carbocycles. The van der Waals surface area contributed by atoms with Crippen LogP contribution in [0.15, 0.2) is 30.0 Å². The highest BCUT2D eigenvalue weighted by molar-refractivity contribution is 6.76. The summed E-state index contributed by atoms with van der Waals surface area (Å²) in [5.74, 6) is 2.82. The first kappa shape index (κ1) is 19.3. The monoisotopic (exact) mass is 398 g/mol. The number of ether oxygens (including phenoxy) is 3. The number of allylic oxidation sites excluding steroid dienone is 2. The molecule has 150 valence electrons. The summed E-state index contributed by atoms with van der Waals surface area (Å²) in [5, 5.41) is 0. The number of benzene rings is 1. The van der Waals surface area contributed by atoms with E-state index in [1.807, 2.05) is 0 Å². The predicted octanol–water partition coefficient (Wildman–Crippen LogP) is 4.86. The Kier molecular flexibility index (Phi) is 5.12. The second-order valence-electron chi connectivity index (χ2n) is 9.32. The average Bonchev–Trinajstić information content (AvgIpc) is 3.03. The molecule has 0 bridgehead atoms. The minimum atomic E-state index is -1.16. The lowest BCUT2D eigenvalue weighted by Crippen LogP contribution is -2.29. The van der Waals surface area contributed by atoms with Crippen LogP contribution >= 0.6 is 0 Å². The summed E-state index contributed by atoms with van der Waals surface area (Å²) in [6, 6.07) is 5.51. The Morgan fingerprint density at radius 1 is 1.14 bits per heavy atom. The van der Waals surface area contributed by atoms with Gasteiger partial charge in [0.2, 0.25) is 6.79 Å². The zero-order valence-corrected chi connectivity index (χ0v) is 18.7. The Morgan fingerprint density at radius 2 is 1.89 bits per heavy atom. The van der Waals surface area contributed by atoms with Gasteiger partial charge in [-0.05, 0) is 41.3 Å². The maximum absolute atomic E-state index is 5.87. The lowest BCUT2D eigenvalue weighted by atomic mass is 9.87. The Morgan fingerprint density at radius 3 is 2.61 bits per heavy atom. The van der Waals surface area contributed by atoms with Crippen molar-refractivity contribution < 1.29 is 18.8 Å². The van der Waals surface area contributed by atoms with Crippen molar-refractivity contribution in [2.24, 2.45) is 0 Å². The second kappa shape index (κ2) is 7.43. The quantitative estimate of drug-likeness (QED) is 0.403. The molecule has 28 heavy (non-hydrogen) atoms. The van der Waals surface area contributed by atoms with Crippen LogP contribution in [0.1, 0.15) is 30.4 Å². The van der Waals surface area contributed by atoms with Crippen LogP contribution in [-0.2, 0) is 11.2 Å². The van der Waals surface area contributed by atoms with E-state index in [1.54, 1.807) is 7.11 Å². The third-order valence-electron chi connectivity index (χ3n) is 5.73. The fourth-order valence-corrected chi connectivity index (χ4v) is 6.33. The Balaban J connectivity index is 1.78. The van der Waals surface area contributed by atoms with Crippen molar-refractivity contribution in [1.29, 1.82) is 0 Å². The highest BCUT2D eigenvalue weighted by Crippen LogP contribution is 2.41. The van der Waals surface area contributed by atoms with E-state index in [1.165, 1.54) is 34.0 Å². The highest BCUT2D eigenvalue weighted by Gasteiger charge is 2.34. The van der Waals surface area contributed by atoms with Crippen LogP contribution in [-0.4, -0.2) is 45.4 Å². The molecule has 4 nitrogen and oxygen atoms in total. The Labute approximate surface area is 169 Å². The van der Waals surface area contributed by atoms with Crippen LogP contribution in [0.4, 0.5) is 0 Å². The van der Waals surface area contributed by atoms with Crippen LogP contribution in [0.5, 0.6) is 11.5 Å². The smallest absolute Gasteiger partial charge is 0.231 e. The molecule has 0 fully saturated rings. The van der Waals surface area contributed by atoms with E-state index >= 15 is 0 Å². The molecule has 5 heteroatoms. The van der Waals surface area contributed by atoms with E-state index in [-0.39, 0.29) is 0 Å². The van der Waals surface area contributed by atoms with Crippen LogP contribution in [0.3, 0.4) is 0 Å². The van der Waals surface area contributed by atoms with Crippen molar-refractivity contribution >= 4 is 19.4 Å². The summed E-state index contributed by atoms with van der Waals surface area (Å²) in [6.45, 7) is 13.9. The van der Waals surface area contributed by atoms with E-state index < -0.39 is 8.07 Å². The maximum Gasteiger partial charge on any atom is 0.231 e. The molecule has 4 rings (SSSR count). The summed E-state index contributed by atoms with van der Waals surface area (Å²) in [6.07, 6.45) is 4.22. The van der Waals surface area contributed by atoms with Gasteiger partial charge >= 0.3 is 0 Å². The number of nitrogens with zero attached hydrogens (tertiary/aromatic N) is 1. The first-order chi connectivity index (χ1) is 13.4. The summed E-state index contributed by atoms with van der Waals surface area (Å²) < 4.78 is 19.8. The van der Waals surface area contributed by atoms with Gasteiger partial charge in [-0.15, -0.1) is 0 Å². The number of methoxy groups -OCH3 is 1. The molecule has 3 aliphatic rings. The third kappa shape index (κ3) is 3.77. The average molecular weight is 399 g/mol. The van der Waals surface area contributed by atoms with Crippen molar-refractivity contribution in [3.05, 3.63) is 41.2 Å². The van der Waals surface area contributed by atoms with Gasteiger partial charge in [0.15, 0.2) is 23.8 Å². The van der Waals surface area contributed by atoms with Gasteiger partial charge in [-0.3, -0.25) is 0 Å². The highest BCUT2D eigenvalue weighted by atomic mass is 28.3. The minimum Gasteiger partial charge on any atom is -0.500 e. The van der Waals surface area contributed by atoms with Crippen molar-refractivity contribution in [2.75, 3.05) is 27.0 Å². The third-order valence-corrected chi connectivity index (χ3v) is 7.29. The molecule has 0 unspecified atom stereocenters. The lowest BCUT2D eigenvalue weighted by molar-refractivity contribution is -0.519. The normalized spacial score (nSPS) is 18.6. The van der Waals surface area contributed by atoms with Crippen LogP contribution in [0.25, 0.3) is 5.57 Å². The van der Waals surface area contributed by atoms with E-state index in [2.05, 4.69) is 42.9 Å². The zero-order chi connectivity index (χ0) is 19.9. The molecule has 0 atom stereocenters. The van der Waals surface area contributed by atoms with Crippen molar-refractivity contribution in [3.8, 4) is 11.5 Å². The molecule has 0 aromatic heterocycles. The molecule has 0 radical (unpaired) electrons. The SMILES string of the molecule is C=C(C[N+]1=C2CCCC(OC)=C2c2cc3c(cc2CC1)OCO3)C[Si](C)(C)C. The van der Waals surface area contributed by atoms with Gasteiger partial charge in [0.25, 0.3) is 0 Å². The molecule has 0 amide bonds. The summed E-state index contributed by atoms with van der Waals surface area (Å²) in [4.78, 5) is 0. The van der Waals surface area contributed by atoms with Crippen LogP contribution < -0.4 is 9.47 Å². The molecule has 2 aliphatic heterocycles. The van der Waals surface area contributed by atoms with Crippen molar-refractivity contribution in [2.45, 2.75) is 51.4 Å². The molecular weight excluding hydrogens is 366 g/mol. The molecule has 0 saturated heterocycles.